The summed E-state index contributed by atoms with van der Waals surface area (Å²) >= 11 is 0. The van der Waals surface area contributed by atoms with Crippen molar-refractivity contribution in [1.29, 1.82) is 0 Å². The summed E-state index contributed by atoms with van der Waals surface area (Å²) < 4.78 is 0. The van der Waals surface area contributed by atoms with Crippen LogP contribution >= 0.6 is 0 Å². The van der Waals surface area contributed by atoms with Crippen LogP contribution in [0.4, 0.5) is 11.4 Å². The number of benzene rings is 1. The van der Waals surface area contributed by atoms with Crippen molar-refractivity contribution < 1.29 is 0 Å². The maximum atomic E-state index is 3.21. The lowest BCUT2D eigenvalue weighted by molar-refractivity contribution is 0.895. The highest BCUT2D eigenvalue weighted by atomic mass is 15.1. The Kier molecular flexibility index (Phi) is 3.15. The molecule has 1 heterocycles. The van der Waals surface area contributed by atoms with Gasteiger partial charge in [-0.2, -0.15) is 0 Å². The van der Waals surface area contributed by atoms with Crippen LogP contribution in [0.2, 0.25) is 0 Å². The number of hydrogen-bond acceptors (Lipinski definition) is 2. The van der Waals surface area contributed by atoms with Gasteiger partial charge in [0.1, 0.15) is 0 Å². The van der Waals surface area contributed by atoms with Crippen LogP contribution in [-0.4, -0.2) is 19.1 Å². The van der Waals surface area contributed by atoms with Crippen LogP contribution in [-0.2, 0) is 6.54 Å². The van der Waals surface area contributed by atoms with Crippen LogP contribution in [0.1, 0.15) is 5.69 Å². The van der Waals surface area contributed by atoms with E-state index in [1.54, 1.807) is 0 Å². The van der Waals surface area contributed by atoms with Crippen molar-refractivity contribution in [1.82, 2.24) is 4.98 Å². The van der Waals surface area contributed by atoms with Crippen LogP contribution in [0.25, 0.3) is 0 Å². The van der Waals surface area contributed by atoms with Gasteiger partial charge in [0.05, 0.1) is 6.54 Å². The summed E-state index contributed by atoms with van der Waals surface area (Å²) in [6.07, 6.45) is 1.95. The molecular formula is C13H17N3. The Morgan fingerprint density at radius 1 is 1.19 bits per heavy atom. The van der Waals surface area contributed by atoms with Gasteiger partial charge in [-0.1, -0.05) is 0 Å². The summed E-state index contributed by atoms with van der Waals surface area (Å²) in [7, 11) is 4.02. The summed E-state index contributed by atoms with van der Waals surface area (Å²) in [4.78, 5) is 5.42. The molecular weight excluding hydrogens is 198 g/mol. The van der Waals surface area contributed by atoms with E-state index < -0.39 is 0 Å². The number of hydrogen-bond donors (Lipinski definition) is 2. The molecule has 2 N–H and O–H groups in total. The standard InChI is InChI=1S/C13H17N3/c1-14-11-5-7-13(8-6-11)16(2)10-12-4-3-9-15-12/h3-9,14-15H,10H2,1-2H3. The molecule has 0 fully saturated rings. The highest BCUT2D eigenvalue weighted by Gasteiger charge is 2.02. The first-order valence-electron chi connectivity index (χ1n) is 5.41. The number of anilines is 2. The monoisotopic (exact) mass is 215 g/mol. The van der Waals surface area contributed by atoms with Crippen molar-refractivity contribution in [3.05, 3.63) is 48.3 Å². The normalized spacial score (nSPS) is 10.1. The summed E-state index contributed by atoms with van der Waals surface area (Å²) in [6, 6.07) is 12.5. The predicted octanol–water partition coefficient (Wildman–Crippen LogP) is 2.69. The van der Waals surface area contributed by atoms with E-state index in [0.29, 0.717) is 0 Å². The molecule has 1 aromatic heterocycles. The molecule has 0 bridgehead atoms. The van der Waals surface area contributed by atoms with Gasteiger partial charge in [0.15, 0.2) is 0 Å². The van der Waals surface area contributed by atoms with Gasteiger partial charge in [-0.05, 0) is 36.4 Å². The minimum atomic E-state index is 0.895. The molecule has 16 heavy (non-hydrogen) atoms. The van der Waals surface area contributed by atoms with Gasteiger partial charge < -0.3 is 15.2 Å². The summed E-state index contributed by atoms with van der Waals surface area (Å²) in [5.41, 5.74) is 3.57. The molecule has 0 radical (unpaired) electrons. The second kappa shape index (κ2) is 4.75. The highest BCUT2D eigenvalue weighted by molar-refractivity contribution is 5.54. The molecule has 3 heteroatoms. The summed E-state index contributed by atoms with van der Waals surface area (Å²) in [6.45, 7) is 0.895. The average Bonchev–Trinajstić information content (AvgIpc) is 2.82. The molecule has 2 rings (SSSR count). The minimum Gasteiger partial charge on any atom is -0.388 e. The van der Waals surface area contributed by atoms with Crippen molar-refractivity contribution in [2.24, 2.45) is 0 Å². The number of nitrogens with one attached hydrogen (secondary N) is 2. The molecule has 0 amide bonds. The van der Waals surface area contributed by atoms with Crippen LogP contribution in [0.3, 0.4) is 0 Å². The van der Waals surface area contributed by atoms with Crippen molar-refractivity contribution in [2.75, 3.05) is 24.3 Å². The molecule has 0 saturated heterocycles. The fraction of sp³-hybridized carbons (Fsp3) is 0.231. The van der Waals surface area contributed by atoms with E-state index in [9.17, 15) is 0 Å². The maximum Gasteiger partial charge on any atom is 0.0576 e. The van der Waals surface area contributed by atoms with E-state index >= 15 is 0 Å². The Balaban J connectivity index is 2.05. The fourth-order valence-electron chi connectivity index (χ4n) is 1.70. The molecule has 0 aliphatic rings. The number of nitrogens with zero attached hydrogens (tertiary/aromatic N) is 1. The first-order chi connectivity index (χ1) is 7.79. The molecule has 0 unspecified atom stereocenters. The molecule has 0 aliphatic heterocycles. The molecule has 0 atom stereocenters. The zero-order valence-corrected chi connectivity index (χ0v) is 9.70. The average molecular weight is 215 g/mol. The Hall–Kier alpha value is -1.90. The molecule has 2 aromatic rings. The van der Waals surface area contributed by atoms with Crippen molar-refractivity contribution in [3.8, 4) is 0 Å². The van der Waals surface area contributed by atoms with Gasteiger partial charge in [-0.25, -0.2) is 0 Å². The summed E-state index contributed by atoms with van der Waals surface area (Å²) in [5, 5.41) is 3.11. The Morgan fingerprint density at radius 3 is 2.50 bits per heavy atom. The molecule has 84 valence electrons. The smallest absolute Gasteiger partial charge is 0.0576 e. The van der Waals surface area contributed by atoms with E-state index in [-0.39, 0.29) is 0 Å². The highest BCUT2D eigenvalue weighted by Crippen LogP contribution is 2.17. The molecule has 0 aliphatic carbocycles. The first kappa shape index (κ1) is 10.6. The number of aromatic amines is 1. The quantitative estimate of drug-likeness (QED) is 0.821. The van der Waals surface area contributed by atoms with Gasteiger partial charge in [0.25, 0.3) is 0 Å². The van der Waals surface area contributed by atoms with Gasteiger partial charge in [0, 0.05) is 37.4 Å². The van der Waals surface area contributed by atoms with E-state index in [4.69, 9.17) is 0 Å². The minimum absolute atomic E-state index is 0.895. The van der Waals surface area contributed by atoms with E-state index in [0.717, 1.165) is 12.2 Å². The topological polar surface area (TPSA) is 31.1 Å². The lowest BCUT2D eigenvalue weighted by Crippen LogP contribution is -2.16. The maximum absolute atomic E-state index is 3.21. The van der Waals surface area contributed by atoms with Gasteiger partial charge in [-0.15, -0.1) is 0 Å². The van der Waals surface area contributed by atoms with Gasteiger partial charge >= 0.3 is 0 Å². The zero-order chi connectivity index (χ0) is 11.4. The lowest BCUT2D eigenvalue weighted by Gasteiger charge is -2.18. The van der Waals surface area contributed by atoms with Crippen LogP contribution in [0.15, 0.2) is 42.6 Å². The van der Waals surface area contributed by atoms with Crippen molar-refractivity contribution in [2.45, 2.75) is 6.54 Å². The van der Waals surface area contributed by atoms with Gasteiger partial charge in [-0.3, -0.25) is 0 Å². The lowest BCUT2D eigenvalue weighted by atomic mass is 10.2. The number of H-pyrrole nitrogens is 1. The number of rotatable bonds is 4. The fourth-order valence-corrected chi connectivity index (χ4v) is 1.70. The molecule has 0 saturated carbocycles. The van der Waals surface area contributed by atoms with E-state index in [1.807, 2.05) is 19.3 Å². The second-order valence-electron chi connectivity index (χ2n) is 3.85. The Labute approximate surface area is 96.1 Å². The zero-order valence-electron chi connectivity index (χ0n) is 9.70. The Morgan fingerprint density at radius 2 is 1.94 bits per heavy atom. The second-order valence-corrected chi connectivity index (χ2v) is 3.85. The van der Waals surface area contributed by atoms with Crippen LogP contribution in [0.5, 0.6) is 0 Å². The van der Waals surface area contributed by atoms with Crippen LogP contribution in [0, 0.1) is 0 Å². The molecule has 1 aromatic carbocycles. The third-order valence-electron chi connectivity index (χ3n) is 2.67. The first-order valence-corrected chi connectivity index (χ1v) is 5.41. The molecule has 3 nitrogen and oxygen atoms in total. The third kappa shape index (κ3) is 2.37. The third-order valence-corrected chi connectivity index (χ3v) is 2.67. The van der Waals surface area contributed by atoms with Crippen LogP contribution < -0.4 is 10.2 Å². The van der Waals surface area contributed by atoms with Crippen molar-refractivity contribution >= 4 is 11.4 Å². The predicted molar refractivity (Wildman–Crippen MR) is 68.9 cm³/mol. The van der Waals surface area contributed by atoms with Crippen molar-refractivity contribution in [3.63, 3.8) is 0 Å². The van der Waals surface area contributed by atoms with Gasteiger partial charge in [0.2, 0.25) is 0 Å². The van der Waals surface area contributed by atoms with E-state index in [1.165, 1.54) is 11.4 Å². The number of aromatic nitrogens is 1. The largest absolute Gasteiger partial charge is 0.388 e. The van der Waals surface area contributed by atoms with E-state index in [2.05, 4.69) is 52.6 Å². The Bertz CT molecular complexity index is 417. The summed E-state index contributed by atoms with van der Waals surface area (Å²) in [5.74, 6) is 0. The SMILES string of the molecule is CNc1ccc(N(C)Cc2ccc[nH]2)cc1. The molecule has 0 spiro atoms.